The lowest BCUT2D eigenvalue weighted by Gasteiger charge is -2.17. The van der Waals surface area contributed by atoms with Crippen LogP contribution >= 0.6 is 11.8 Å². The van der Waals surface area contributed by atoms with Crippen molar-refractivity contribution in [3.8, 4) is 18.2 Å². The van der Waals surface area contributed by atoms with E-state index in [4.69, 9.17) is 27.7 Å². The number of nitriles is 3. The summed E-state index contributed by atoms with van der Waals surface area (Å²) >= 11 is 1.45. The highest BCUT2D eigenvalue weighted by Gasteiger charge is 2.26. The fourth-order valence-corrected chi connectivity index (χ4v) is 10.7. The number of aromatic nitrogens is 9. The molecular formula is C55H54N16O6S2. The molecule has 0 spiro atoms. The Kier molecular flexibility index (Phi) is 18.0. The van der Waals surface area contributed by atoms with E-state index in [1.165, 1.54) is 36.3 Å². The molecule has 6 aromatic heterocycles. The quantitative estimate of drug-likeness (QED) is 0.0641. The molecule has 2 amide bonds. The summed E-state index contributed by atoms with van der Waals surface area (Å²) in [5, 5.41) is 33.5. The summed E-state index contributed by atoms with van der Waals surface area (Å²) in [7, 11) is -1.31. The van der Waals surface area contributed by atoms with E-state index in [1.807, 2.05) is 24.5 Å². The van der Waals surface area contributed by atoms with Gasteiger partial charge in [0, 0.05) is 81.6 Å². The fraction of sp³-hybridized carbons (Fsp3) is 0.309. The maximum Gasteiger partial charge on any atom is 0.270 e. The third-order valence-corrected chi connectivity index (χ3v) is 15.0. The Labute approximate surface area is 458 Å². The van der Waals surface area contributed by atoms with Crippen LogP contribution in [-0.2, 0) is 10.8 Å². The average molecular weight is 1100 g/mol. The number of hydrogen-bond acceptors (Lipinski definition) is 18. The molecule has 6 heterocycles. The summed E-state index contributed by atoms with van der Waals surface area (Å²) in [5.74, 6) is -0.681. The van der Waals surface area contributed by atoms with E-state index in [0.29, 0.717) is 61.3 Å². The fourth-order valence-electron chi connectivity index (χ4n) is 9.94. The minimum absolute atomic E-state index is 0.0317. The minimum atomic E-state index is -1.31. The number of thioether (sulfide) groups is 1. The number of nitrogens with zero attached hydrogens (tertiary/aromatic N) is 12. The van der Waals surface area contributed by atoms with Crippen molar-refractivity contribution in [2.75, 3.05) is 23.6 Å². The lowest BCUT2D eigenvalue weighted by Crippen LogP contribution is -2.27. The Morgan fingerprint density at radius 3 is 1.44 bits per heavy atom. The molecule has 1 atom stereocenters. The number of primary amides is 2. The number of pyridine rings is 3. The largest absolute Gasteiger partial charge is 0.399 e. The normalized spacial score (nSPS) is 14.6. The molecule has 1 unspecified atom stereocenters. The molecule has 8 aromatic rings. The molecule has 0 saturated heterocycles. The highest BCUT2D eigenvalue weighted by Crippen LogP contribution is 2.33. The average Bonchev–Trinajstić information content (AvgIpc) is 4.45. The van der Waals surface area contributed by atoms with Crippen molar-refractivity contribution in [3.63, 3.8) is 0 Å². The van der Waals surface area contributed by atoms with Crippen molar-refractivity contribution < 1.29 is 13.8 Å². The van der Waals surface area contributed by atoms with E-state index >= 15 is 0 Å². The number of nitrogens with one attached hydrogen (secondary N) is 1. The second kappa shape index (κ2) is 25.3. The predicted molar refractivity (Wildman–Crippen MR) is 300 cm³/mol. The zero-order valence-electron chi connectivity index (χ0n) is 43.2. The molecular weight excluding hydrogens is 1040 g/mol. The van der Waals surface area contributed by atoms with Crippen LogP contribution in [0.3, 0.4) is 0 Å². The smallest absolute Gasteiger partial charge is 0.270 e. The van der Waals surface area contributed by atoms with Crippen molar-refractivity contribution in [1.29, 1.82) is 15.8 Å². The van der Waals surface area contributed by atoms with Gasteiger partial charge < -0.3 is 22.5 Å². The molecule has 22 nitrogen and oxygen atoms in total. The maximum atomic E-state index is 12.8. The number of fused-ring (bicyclic) bond motifs is 3. The zero-order valence-corrected chi connectivity index (χ0v) is 44.8. The van der Waals surface area contributed by atoms with Crippen molar-refractivity contribution >= 4 is 84.8 Å². The van der Waals surface area contributed by atoms with Crippen molar-refractivity contribution in [2.24, 2.45) is 11.5 Å². The second-order valence-corrected chi connectivity index (χ2v) is 21.0. The van der Waals surface area contributed by atoms with Crippen molar-refractivity contribution in [3.05, 3.63) is 144 Å². The van der Waals surface area contributed by atoms with Crippen LogP contribution in [0.5, 0.6) is 0 Å². The summed E-state index contributed by atoms with van der Waals surface area (Å²) in [4.78, 5) is 85.5. The first-order valence-electron chi connectivity index (χ1n) is 25.3. The Bertz CT molecular complexity index is 3990. The van der Waals surface area contributed by atoms with Crippen LogP contribution in [0.1, 0.15) is 133 Å². The number of rotatable bonds is 9. The Morgan fingerprint density at radius 1 is 0.608 bits per heavy atom. The van der Waals surface area contributed by atoms with Crippen LogP contribution in [0.25, 0.3) is 33.1 Å². The molecule has 3 fully saturated rings. The van der Waals surface area contributed by atoms with Crippen LogP contribution in [0.15, 0.2) is 110 Å². The van der Waals surface area contributed by atoms with Gasteiger partial charge in [-0.25, -0.2) is 24.9 Å². The molecule has 3 saturated carbocycles. The first-order valence-corrected chi connectivity index (χ1v) is 28.1. The lowest BCUT2D eigenvalue weighted by atomic mass is 10.2. The molecule has 0 bridgehead atoms. The second-order valence-electron chi connectivity index (χ2n) is 18.9. The Morgan fingerprint density at radius 2 is 1.03 bits per heavy atom. The molecule has 79 heavy (non-hydrogen) atoms. The summed E-state index contributed by atoms with van der Waals surface area (Å²) < 4.78 is 16.5. The highest BCUT2D eigenvalue weighted by atomic mass is 32.2. The van der Waals surface area contributed by atoms with Crippen molar-refractivity contribution in [1.82, 2.24) is 43.6 Å². The molecule has 11 rings (SSSR count). The Hall–Kier alpha value is -9.18. The van der Waals surface area contributed by atoms with Gasteiger partial charge in [-0.1, -0.05) is 62.4 Å². The number of anilines is 3. The molecule has 402 valence electrons. The van der Waals surface area contributed by atoms with E-state index in [-0.39, 0.29) is 56.7 Å². The SMILES string of the molecule is CS(=O)c1ncc2cc(C#N)c(=O)n(C3CCCC3)c2n1.CSc1ncc2cc(C#N)c(=O)n(C3CCCC3)c2n1.N#Cc1cc2cnc(Nc3cccc(C(N)=O)c3)nc2n(C2CCCC2)c1=O.NC(=O)c1cccc(N)c1. The Balaban J connectivity index is 0.000000145. The first-order chi connectivity index (χ1) is 38.1. The van der Waals surface area contributed by atoms with Gasteiger partial charge in [0.2, 0.25) is 22.9 Å². The van der Waals surface area contributed by atoms with Gasteiger partial charge in [-0.2, -0.15) is 20.8 Å². The highest BCUT2D eigenvalue weighted by molar-refractivity contribution is 7.98. The third kappa shape index (κ3) is 12.8. The van der Waals surface area contributed by atoms with Crippen LogP contribution < -0.4 is 39.2 Å². The van der Waals surface area contributed by atoms with E-state index in [2.05, 4.69) is 35.2 Å². The number of carbonyl (C=O) groups excluding carboxylic acids is 2. The zero-order chi connectivity index (χ0) is 56.3. The van der Waals surface area contributed by atoms with Crippen LogP contribution in [0.4, 0.5) is 17.3 Å². The standard InChI is InChI=1S/C20H18N6O2.C14H14N4O2S.C14H14N4OS.C7H8N2O/c21-10-13-8-14-11-23-20(24-15-5-3-4-12(9-15)17(22)27)25-18(14)26(19(13)28)16-6-1-2-7-16;1-21(20)14-16-8-10-6-9(7-15)13(19)18(12(10)17-14)11-4-2-3-5-11;1-20-14-16-8-10-6-9(7-15)13(19)18(12(10)17-14)11-4-2-3-5-11;8-6-3-1-2-5(4-6)7(9)10/h3-5,8-9,11,16H,1-2,6-7H2,(H2,22,27)(H,23,24,25);6,8,11H,2-5H2,1H3;6,8,11H,2-5H2,1H3;1-4H,8H2,(H2,9,10). The number of hydrogen-bond donors (Lipinski definition) is 4. The molecule has 7 N–H and O–H groups in total. The van der Waals surface area contributed by atoms with Crippen LogP contribution in [0.2, 0.25) is 0 Å². The first kappa shape index (κ1) is 56.0. The number of amides is 2. The van der Waals surface area contributed by atoms with Gasteiger partial charge in [0.15, 0.2) is 5.16 Å². The van der Waals surface area contributed by atoms with Crippen molar-refractivity contribution in [2.45, 2.75) is 105 Å². The van der Waals surface area contributed by atoms with E-state index in [1.54, 1.807) is 80.7 Å². The van der Waals surface area contributed by atoms with Gasteiger partial charge in [-0.3, -0.25) is 41.9 Å². The third-order valence-electron chi connectivity index (χ3n) is 13.7. The molecule has 24 heteroatoms. The molecule has 2 aromatic carbocycles. The molecule has 3 aliphatic carbocycles. The van der Waals surface area contributed by atoms with Gasteiger partial charge in [0.05, 0.1) is 10.8 Å². The predicted octanol–water partition coefficient (Wildman–Crippen LogP) is 7.00. The van der Waals surface area contributed by atoms with E-state index in [9.17, 15) is 33.4 Å². The summed E-state index contributed by atoms with van der Waals surface area (Å²) in [6.45, 7) is 0. The summed E-state index contributed by atoms with van der Waals surface area (Å²) in [6.07, 6.45) is 20.2. The molecule has 0 aliphatic heterocycles. The van der Waals surface area contributed by atoms with Crippen LogP contribution in [-0.4, -0.2) is 72.1 Å². The number of nitrogen functional groups attached to an aromatic ring is 1. The van der Waals surface area contributed by atoms with Gasteiger partial charge in [-0.15, -0.1) is 0 Å². The number of carbonyl (C=O) groups is 2. The van der Waals surface area contributed by atoms with Gasteiger partial charge in [0.25, 0.3) is 16.7 Å². The minimum Gasteiger partial charge on any atom is -0.399 e. The topological polar surface area (TPSA) is 356 Å². The lowest BCUT2D eigenvalue weighted by molar-refractivity contribution is 0.0992. The number of benzene rings is 2. The van der Waals surface area contributed by atoms with E-state index in [0.717, 1.165) is 82.4 Å². The number of nitrogens with two attached hydrogens (primary N) is 3. The van der Waals surface area contributed by atoms with Gasteiger partial charge >= 0.3 is 0 Å². The van der Waals surface area contributed by atoms with Gasteiger partial charge in [-0.05, 0) is 99.4 Å². The molecule has 3 aliphatic rings. The van der Waals surface area contributed by atoms with E-state index < -0.39 is 22.6 Å². The molecule has 0 radical (unpaired) electrons. The monoisotopic (exact) mass is 1100 g/mol. The summed E-state index contributed by atoms with van der Waals surface area (Å²) in [5.41, 5.74) is 18.8. The van der Waals surface area contributed by atoms with Crippen LogP contribution in [0, 0.1) is 34.0 Å². The van der Waals surface area contributed by atoms with Gasteiger partial charge in [0.1, 0.15) is 51.8 Å². The maximum absolute atomic E-state index is 12.8. The summed E-state index contributed by atoms with van der Waals surface area (Å²) in [6, 6.07) is 24.0.